The summed E-state index contributed by atoms with van der Waals surface area (Å²) in [5.74, 6) is -3.21. The lowest BCUT2D eigenvalue weighted by Gasteiger charge is -2.44. The number of carbonyl (C=O) groups excluding carboxylic acids is 4. The van der Waals surface area contributed by atoms with Crippen molar-refractivity contribution in [3.05, 3.63) is 53.6 Å². The van der Waals surface area contributed by atoms with Gasteiger partial charge in [0.1, 0.15) is 5.75 Å². The molecule has 2 heterocycles. The number of allylic oxidation sites excluding steroid dienone is 2. The Labute approximate surface area is 252 Å². The Morgan fingerprint density at radius 3 is 1.91 bits per heavy atom. The number of rotatable bonds is 3. The zero-order valence-corrected chi connectivity index (χ0v) is 24.6. The Kier molecular flexibility index (Phi) is 6.50. The summed E-state index contributed by atoms with van der Waals surface area (Å²) in [6.07, 6.45) is 12.7. The highest BCUT2D eigenvalue weighted by Gasteiger charge is 2.63. The van der Waals surface area contributed by atoms with Crippen LogP contribution in [-0.2, 0) is 19.2 Å². The smallest absolute Gasteiger partial charge is 0.234 e. The number of hydrogen-bond donors (Lipinski definition) is 1. The molecule has 2 saturated heterocycles. The van der Waals surface area contributed by atoms with Crippen LogP contribution < -0.4 is 0 Å². The molecular formula is C36H40N2O5. The summed E-state index contributed by atoms with van der Waals surface area (Å²) in [6.45, 7) is 0. The van der Waals surface area contributed by atoms with E-state index in [-0.39, 0.29) is 47.4 Å². The number of amides is 4. The molecule has 43 heavy (non-hydrogen) atoms. The lowest BCUT2D eigenvalue weighted by atomic mass is 9.56. The van der Waals surface area contributed by atoms with Crippen LogP contribution in [0, 0.1) is 29.6 Å². The summed E-state index contributed by atoms with van der Waals surface area (Å²) in [5, 5.41) is 13.3. The van der Waals surface area contributed by atoms with Gasteiger partial charge in [-0.2, -0.15) is 0 Å². The highest BCUT2D eigenvalue weighted by molar-refractivity contribution is 6.08. The van der Waals surface area contributed by atoms with Gasteiger partial charge in [-0.15, -0.1) is 0 Å². The van der Waals surface area contributed by atoms with Gasteiger partial charge in [-0.3, -0.25) is 29.0 Å². The first-order valence-electron chi connectivity index (χ1n) is 16.6. The minimum Gasteiger partial charge on any atom is -0.508 e. The average Bonchev–Trinajstić information content (AvgIpc) is 3.44. The van der Waals surface area contributed by atoms with Gasteiger partial charge >= 0.3 is 0 Å². The summed E-state index contributed by atoms with van der Waals surface area (Å²) in [6, 6.07) is 11.3. The van der Waals surface area contributed by atoms with Crippen LogP contribution >= 0.6 is 0 Å². The molecule has 5 fully saturated rings. The molecule has 0 radical (unpaired) electrons. The molecule has 2 aromatic rings. The van der Waals surface area contributed by atoms with Crippen LogP contribution in [0.5, 0.6) is 5.75 Å². The predicted molar refractivity (Wildman–Crippen MR) is 161 cm³/mol. The second-order valence-corrected chi connectivity index (χ2v) is 13.9. The SMILES string of the molecule is O=C1[C@H]2[C@H](CC=C3[C@H]2C[C@H]2C(=O)N(C4CCCCC4)C(=O)[C@H]2[C@H]3c2c(O)ccc3ccccc23)C(=O)N1C1CCCCC1. The molecule has 4 aliphatic carbocycles. The molecule has 3 saturated carbocycles. The summed E-state index contributed by atoms with van der Waals surface area (Å²) in [7, 11) is 0. The zero-order chi connectivity index (χ0) is 29.4. The van der Waals surface area contributed by atoms with Gasteiger partial charge in [-0.25, -0.2) is 0 Å². The largest absolute Gasteiger partial charge is 0.508 e. The van der Waals surface area contributed by atoms with Crippen LogP contribution in [0.1, 0.15) is 88.5 Å². The van der Waals surface area contributed by atoms with E-state index in [1.807, 2.05) is 30.3 Å². The van der Waals surface area contributed by atoms with E-state index in [4.69, 9.17) is 0 Å². The molecule has 0 bridgehead atoms. The Morgan fingerprint density at radius 1 is 0.628 bits per heavy atom. The van der Waals surface area contributed by atoms with Crippen molar-refractivity contribution in [3.63, 3.8) is 0 Å². The molecule has 7 nitrogen and oxygen atoms in total. The van der Waals surface area contributed by atoms with E-state index in [2.05, 4.69) is 6.08 Å². The van der Waals surface area contributed by atoms with E-state index < -0.39 is 29.6 Å². The van der Waals surface area contributed by atoms with Crippen LogP contribution in [-0.4, -0.2) is 50.6 Å². The number of nitrogens with zero attached hydrogens (tertiary/aromatic N) is 2. The van der Waals surface area contributed by atoms with Gasteiger partial charge in [0.15, 0.2) is 0 Å². The summed E-state index contributed by atoms with van der Waals surface area (Å²) < 4.78 is 0. The molecule has 6 atom stereocenters. The third kappa shape index (κ3) is 3.99. The fourth-order valence-electron chi connectivity index (χ4n) is 9.97. The van der Waals surface area contributed by atoms with Crippen molar-refractivity contribution in [1.82, 2.24) is 9.80 Å². The van der Waals surface area contributed by atoms with Gasteiger partial charge in [0.05, 0.1) is 23.7 Å². The van der Waals surface area contributed by atoms with Crippen molar-refractivity contribution in [2.75, 3.05) is 0 Å². The molecule has 8 rings (SSSR count). The van der Waals surface area contributed by atoms with E-state index in [0.29, 0.717) is 18.4 Å². The van der Waals surface area contributed by atoms with Gasteiger partial charge in [0, 0.05) is 23.6 Å². The molecular weight excluding hydrogens is 540 g/mol. The first kappa shape index (κ1) is 27.1. The number of fused-ring (bicyclic) bond motifs is 5. The standard InChI is InChI=1S/C36H40N2O5/c39-28-18-15-20-9-7-8-14-23(20)30(28)31-24-16-17-25-29(35(42)37(33(25)40)21-10-3-1-4-11-21)26(24)19-27-32(31)36(43)38(34(27)41)22-12-5-2-6-13-22/h7-9,14-16,18,21-22,25-27,29,31-32,39H,1-6,10-13,17,19H2/t25-,26+,27+,29-,31+,32+/m0/s1. The fourth-order valence-corrected chi connectivity index (χ4v) is 9.97. The van der Waals surface area contributed by atoms with Crippen molar-refractivity contribution >= 4 is 34.4 Å². The monoisotopic (exact) mass is 580 g/mol. The molecule has 0 aromatic heterocycles. The van der Waals surface area contributed by atoms with Crippen LogP contribution in [0.3, 0.4) is 0 Å². The van der Waals surface area contributed by atoms with E-state index in [1.54, 1.807) is 15.9 Å². The summed E-state index contributed by atoms with van der Waals surface area (Å²) >= 11 is 0. The Bertz CT molecular complexity index is 1550. The Morgan fingerprint density at radius 2 is 1.23 bits per heavy atom. The lowest BCUT2D eigenvalue weighted by Crippen LogP contribution is -2.44. The molecule has 4 amide bonds. The van der Waals surface area contributed by atoms with E-state index in [9.17, 15) is 24.3 Å². The van der Waals surface area contributed by atoms with Crippen molar-refractivity contribution in [2.45, 2.75) is 95.1 Å². The quantitative estimate of drug-likeness (QED) is 0.363. The van der Waals surface area contributed by atoms with Crippen molar-refractivity contribution < 1.29 is 24.3 Å². The molecule has 2 aromatic carbocycles. The van der Waals surface area contributed by atoms with Gasteiger partial charge in [0.25, 0.3) is 0 Å². The van der Waals surface area contributed by atoms with E-state index in [0.717, 1.165) is 80.6 Å². The van der Waals surface area contributed by atoms with Crippen LogP contribution in [0.4, 0.5) is 0 Å². The van der Waals surface area contributed by atoms with E-state index in [1.165, 1.54) is 0 Å². The van der Waals surface area contributed by atoms with Gasteiger partial charge in [0.2, 0.25) is 23.6 Å². The first-order chi connectivity index (χ1) is 21.0. The second kappa shape index (κ2) is 10.3. The maximum absolute atomic E-state index is 14.4. The summed E-state index contributed by atoms with van der Waals surface area (Å²) in [4.78, 5) is 59.9. The van der Waals surface area contributed by atoms with Crippen LogP contribution in [0.15, 0.2) is 48.0 Å². The molecule has 224 valence electrons. The number of imide groups is 2. The highest BCUT2D eigenvalue weighted by Crippen LogP contribution is 2.60. The van der Waals surface area contributed by atoms with Crippen LogP contribution in [0.25, 0.3) is 10.8 Å². The second-order valence-electron chi connectivity index (χ2n) is 13.9. The molecule has 6 aliphatic rings. The predicted octanol–water partition coefficient (Wildman–Crippen LogP) is 5.85. The van der Waals surface area contributed by atoms with Gasteiger partial charge in [-0.05, 0) is 61.3 Å². The van der Waals surface area contributed by atoms with Crippen molar-refractivity contribution in [2.24, 2.45) is 29.6 Å². The average molecular weight is 581 g/mol. The first-order valence-corrected chi connectivity index (χ1v) is 16.6. The summed E-state index contributed by atoms with van der Waals surface area (Å²) in [5.41, 5.74) is 1.64. The van der Waals surface area contributed by atoms with E-state index >= 15 is 0 Å². The zero-order valence-electron chi connectivity index (χ0n) is 24.6. The number of phenolic OH excluding ortho intramolecular Hbond substituents is 1. The van der Waals surface area contributed by atoms with Crippen LogP contribution in [0.2, 0.25) is 0 Å². The third-order valence-electron chi connectivity index (χ3n) is 11.9. The highest BCUT2D eigenvalue weighted by atomic mass is 16.3. The minimum atomic E-state index is -0.619. The lowest BCUT2D eigenvalue weighted by molar-refractivity contribution is -0.145. The number of aromatic hydroxyl groups is 1. The number of phenols is 1. The third-order valence-corrected chi connectivity index (χ3v) is 11.9. The maximum atomic E-state index is 14.4. The topological polar surface area (TPSA) is 95.0 Å². The molecule has 0 spiro atoms. The number of hydrogen-bond acceptors (Lipinski definition) is 5. The Balaban J connectivity index is 1.26. The van der Waals surface area contributed by atoms with Gasteiger partial charge in [-0.1, -0.05) is 80.5 Å². The fraction of sp³-hybridized carbons (Fsp3) is 0.556. The van der Waals surface area contributed by atoms with Crippen molar-refractivity contribution in [3.8, 4) is 5.75 Å². The molecule has 0 unspecified atom stereocenters. The van der Waals surface area contributed by atoms with Crippen molar-refractivity contribution in [1.29, 1.82) is 0 Å². The minimum absolute atomic E-state index is 0.0338. The number of benzene rings is 2. The number of likely N-dealkylation sites (tertiary alicyclic amines) is 2. The normalized spacial score (nSPS) is 33.5. The van der Waals surface area contributed by atoms with Gasteiger partial charge < -0.3 is 5.11 Å². The molecule has 2 aliphatic heterocycles. The molecule has 7 heteroatoms. The molecule has 1 N–H and O–H groups in total. The number of carbonyl (C=O) groups is 4. The maximum Gasteiger partial charge on any atom is 0.234 e. The Hall–Kier alpha value is -3.48.